The van der Waals surface area contributed by atoms with Crippen molar-refractivity contribution >= 4 is 12.0 Å². The van der Waals surface area contributed by atoms with Crippen LogP contribution in [0.5, 0.6) is 0 Å². The van der Waals surface area contributed by atoms with E-state index in [2.05, 4.69) is 0 Å². The summed E-state index contributed by atoms with van der Waals surface area (Å²) in [7, 11) is 0. The second-order valence-electron chi connectivity index (χ2n) is 2.67. The van der Waals surface area contributed by atoms with Crippen molar-refractivity contribution in [1.29, 1.82) is 0 Å². The highest BCUT2D eigenvalue weighted by Crippen LogP contribution is 2.17. The van der Waals surface area contributed by atoms with Crippen molar-refractivity contribution in [2.75, 3.05) is 0 Å². The predicted molar refractivity (Wildman–Crippen MR) is 48.1 cm³/mol. The van der Waals surface area contributed by atoms with Crippen molar-refractivity contribution in [3.8, 4) is 0 Å². The van der Waals surface area contributed by atoms with Crippen LogP contribution in [-0.2, 0) is 4.79 Å². The van der Waals surface area contributed by atoms with E-state index in [9.17, 15) is 13.6 Å². The maximum atomic E-state index is 12.5. The average molecular weight is 198 g/mol. The molecule has 0 heterocycles. The SMILES string of the molecule is O=C(O)C(F)(F)/C=C\c1ccccc1. The Morgan fingerprint density at radius 2 is 1.86 bits per heavy atom. The Kier molecular flexibility index (Phi) is 2.96. The molecule has 0 saturated heterocycles. The van der Waals surface area contributed by atoms with Crippen LogP contribution in [0.1, 0.15) is 5.56 Å². The lowest BCUT2D eigenvalue weighted by atomic mass is 10.2. The number of hydrogen-bond acceptors (Lipinski definition) is 1. The van der Waals surface area contributed by atoms with Gasteiger partial charge in [-0.15, -0.1) is 0 Å². The molecule has 0 amide bonds. The van der Waals surface area contributed by atoms with Crippen LogP contribution in [0, 0.1) is 0 Å². The molecular formula is C10H8F2O2. The van der Waals surface area contributed by atoms with Gasteiger partial charge in [0.25, 0.3) is 0 Å². The fraction of sp³-hybridized carbons (Fsp3) is 0.100. The van der Waals surface area contributed by atoms with E-state index < -0.39 is 11.9 Å². The second-order valence-corrected chi connectivity index (χ2v) is 2.67. The van der Waals surface area contributed by atoms with Gasteiger partial charge in [0.1, 0.15) is 0 Å². The van der Waals surface area contributed by atoms with Crippen molar-refractivity contribution in [3.63, 3.8) is 0 Å². The molecule has 4 heteroatoms. The standard InChI is InChI=1S/C10H8F2O2/c11-10(12,9(13)14)7-6-8-4-2-1-3-5-8/h1-7H,(H,13,14)/b7-6-. The lowest BCUT2D eigenvalue weighted by Gasteiger charge is -2.03. The van der Waals surface area contributed by atoms with Crippen LogP contribution in [0.4, 0.5) is 8.78 Å². The number of halogens is 2. The number of carboxylic acids is 1. The topological polar surface area (TPSA) is 37.3 Å². The van der Waals surface area contributed by atoms with Crippen LogP contribution in [0.3, 0.4) is 0 Å². The Bertz CT molecular complexity index is 344. The molecule has 0 bridgehead atoms. The molecule has 0 aliphatic carbocycles. The average Bonchev–Trinajstić information content (AvgIpc) is 2.16. The summed E-state index contributed by atoms with van der Waals surface area (Å²) in [6.45, 7) is 0. The lowest BCUT2D eigenvalue weighted by Crippen LogP contribution is -2.24. The molecule has 74 valence electrons. The van der Waals surface area contributed by atoms with Crippen molar-refractivity contribution < 1.29 is 18.7 Å². The van der Waals surface area contributed by atoms with E-state index in [0.29, 0.717) is 11.6 Å². The molecule has 2 nitrogen and oxygen atoms in total. The third kappa shape index (κ3) is 2.65. The van der Waals surface area contributed by atoms with Gasteiger partial charge < -0.3 is 5.11 Å². The number of rotatable bonds is 3. The van der Waals surface area contributed by atoms with Crippen molar-refractivity contribution in [2.24, 2.45) is 0 Å². The first-order valence-electron chi connectivity index (χ1n) is 3.88. The van der Waals surface area contributed by atoms with E-state index in [4.69, 9.17) is 5.11 Å². The molecule has 1 rings (SSSR count). The first-order valence-corrected chi connectivity index (χ1v) is 3.88. The quantitative estimate of drug-likeness (QED) is 0.809. The van der Waals surface area contributed by atoms with Gasteiger partial charge >= 0.3 is 11.9 Å². The van der Waals surface area contributed by atoms with Crippen LogP contribution in [0.2, 0.25) is 0 Å². The lowest BCUT2D eigenvalue weighted by molar-refractivity contribution is -0.157. The van der Waals surface area contributed by atoms with Crippen LogP contribution in [0.25, 0.3) is 6.08 Å². The minimum absolute atomic E-state index is 0.366. The van der Waals surface area contributed by atoms with Crippen LogP contribution >= 0.6 is 0 Å². The first-order chi connectivity index (χ1) is 6.52. The number of aliphatic carboxylic acids is 1. The maximum absolute atomic E-state index is 12.5. The Labute approximate surface area is 79.5 Å². The molecule has 0 unspecified atom stereocenters. The summed E-state index contributed by atoms with van der Waals surface area (Å²) in [4.78, 5) is 10.0. The van der Waals surface area contributed by atoms with E-state index in [-0.39, 0.29) is 0 Å². The van der Waals surface area contributed by atoms with Crippen LogP contribution in [-0.4, -0.2) is 17.0 Å². The van der Waals surface area contributed by atoms with Crippen molar-refractivity contribution in [1.82, 2.24) is 0 Å². The van der Waals surface area contributed by atoms with Gasteiger partial charge in [-0.1, -0.05) is 36.4 Å². The van der Waals surface area contributed by atoms with Gasteiger partial charge in [0.05, 0.1) is 0 Å². The molecule has 0 aliphatic rings. The molecule has 1 N–H and O–H groups in total. The van der Waals surface area contributed by atoms with Gasteiger partial charge in [0.2, 0.25) is 0 Å². The third-order valence-corrected chi connectivity index (χ3v) is 1.57. The normalized spacial score (nSPS) is 11.9. The zero-order chi connectivity index (χ0) is 10.6. The number of carbonyl (C=O) groups is 1. The molecule has 0 aromatic heterocycles. The Balaban J connectivity index is 2.79. The van der Waals surface area contributed by atoms with Crippen LogP contribution in [0.15, 0.2) is 36.4 Å². The second kappa shape index (κ2) is 4.00. The summed E-state index contributed by atoms with van der Waals surface area (Å²) in [5.74, 6) is -5.96. The minimum atomic E-state index is -3.81. The monoisotopic (exact) mass is 198 g/mol. The molecule has 0 spiro atoms. The highest BCUT2D eigenvalue weighted by atomic mass is 19.3. The molecular weight excluding hydrogens is 190 g/mol. The predicted octanol–water partition coefficient (Wildman–Crippen LogP) is 2.42. The summed E-state index contributed by atoms with van der Waals surface area (Å²) >= 11 is 0. The Morgan fingerprint density at radius 1 is 1.29 bits per heavy atom. The molecule has 14 heavy (non-hydrogen) atoms. The van der Waals surface area contributed by atoms with Gasteiger partial charge in [-0.25, -0.2) is 4.79 Å². The van der Waals surface area contributed by atoms with Crippen molar-refractivity contribution in [3.05, 3.63) is 42.0 Å². The molecule has 0 radical (unpaired) electrons. The van der Waals surface area contributed by atoms with Crippen LogP contribution < -0.4 is 0 Å². The Morgan fingerprint density at radius 3 is 2.36 bits per heavy atom. The molecule has 1 aromatic rings. The summed E-state index contributed by atoms with van der Waals surface area (Å²) in [5, 5.41) is 8.12. The minimum Gasteiger partial charge on any atom is -0.477 e. The molecule has 0 atom stereocenters. The van der Waals surface area contributed by atoms with E-state index in [1.54, 1.807) is 30.3 Å². The number of benzene rings is 1. The molecule has 0 aliphatic heterocycles. The summed E-state index contributed by atoms with van der Waals surface area (Å²) in [6, 6.07) is 8.31. The maximum Gasteiger partial charge on any atom is 0.378 e. The first kappa shape index (κ1) is 10.4. The zero-order valence-corrected chi connectivity index (χ0v) is 7.15. The summed E-state index contributed by atoms with van der Waals surface area (Å²) < 4.78 is 25.1. The largest absolute Gasteiger partial charge is 0.477 e. The van der Waals surface area contributed by atoms with Gasteiger partial charge in [0.15, 0.2) is 0 Å². The fourth-order valence-corrected chi connectivity index (χ4v) is 0.836. The van der Waals surface area contributed by atoms with Gasteiger partial charge in [0, 0.05) is 0 Å². The summed E-state index contributed by atoms with van der Waals surface area (Å²) in [6.07, 6.45) is 1.44. The Hall–Kier alpha value is -1.71. The zero-order valence-electron chi connectivity index (χ0n) is 7.15. The molecule has 0 saturated carbocycles. The molecule has 0 fully saturated rings. The summed E-state index contributed by atoms with van der Waals surface area (Å²) in [5.41, 5.74) is 0.536. The molecule has 1 aromatic carbocycles. The van der Waals surface area contributed by atoms with Gasteiger partial charge in [-0.05, 0) is 11.6 Å². The van der Waals surface area contributed by atoms with Crippen molar-refractivity contribution in [2.45, 2.75) is 5.92 Å². The van der Waals surface area contributed by atoms with E-state index >= 15 is 0 Å². The smallest absolute Gasteiger partial charge is 0.378 e. The number of hydrogen-bond donors (Lipinski definition) is 1. The van der Waals surface area contributed by atoms with E-state index in [0.717, 1.165) is 6.08 Å². The third-order valence-electron chi connectivity index (χ3n) is 1.57. The van der Waals surface area contributed by atoms with E-state index in [1.807, 2.05) is 0 Å². The van der Waals surface area contributed by atoms with Gasteiger partial charge in [-0.2, -0.15) is 8.78 Å². The van der Waals surface area contributed by atoms with E-state index in [1.165, 1.54) is 0 Å². The van der Waals surface area contributed by atoms with Gasteiger partial charge in [-0.3, -0.25) is 0 Å². The number of carboxylic acid groups (broad SMARTS) is 1. The number of alkyl halides is 2. The fourth-order valence-electron chi connectivity index (χ4n) is 0.836. The highest BCUT2D eigenvalue weighted by molar-refractivity contribution is 5.79. The highest BCUT2D eigenvalue weighted by Gasteiger charge is 2.35.